The molecule has 6 N–H and O–H groups in total. The van der Waals surface area contributed by atoms with Gasteiger partial charge in [0.1, 0.15) is 60.0 Å². The van der Waals surface area contributed by atoms with Gasteiger partial charge in [0, 0.05) is 9.79 Å². The summed E-state index contributed by atoms with van der Waals surface area (Å²) in [6.07, 6.45) is 3.32. The highest BCUT2D eigenvalue weighted by Gasteiger charge is 2.34. The predicted molar refractivity (Wildman–Crippen MR) is 251 cm³/mol. The molecular formula is C42H56N12O10P2S. The van der Waals surface area contributed by atoms with Crippen LogP contribution in [0.2, 0.25) is 0 Å². The van der Waals surface area contributed by atoms with Crippen molar-refractivity contribution in [2.45, 2.75) is 115 Å². The molecule has 25 heteroatoms. The maximum absolute atomic E-state index is 14.4. The van der Waals surface area contributed by atoms with Gasteiger partial charge in [-0.05, 0) is 104 Å². The van der Waals surface area contributed by atoms with Crippen LogP contribution >= 0.6 is 26.8 Å². The van der Waals surface area contributed by atoms with Crippen molar-refractivity contribution in [3.05, 3.63) is 73.8 Å². The number of carbonyl (C=O) groups excluding carboxylic acids is 2. The number of esters is 2. The van der Waals surface area contributed by atoms with Crippen LogP contribution in [0, 0.1) is 0 Å². The van der Waals surface area contributed by atoms with Gasteiger partial charge < -0.3 is 48.6 Å². The van der Waals surface area contributed by atoms with E-state index in [1.807, 2.05) is 0 Å². The molecule has 4 aromatic heterocycles. The van der Waals surface area contributed by atoms with Crippen molar-refractivity contribution in [2.75, 3.05) is 24.2 Å². The van der Waals surface area contributed by atoms with Gasteiger partial charge >= 0.3 is 27.0 Å². The number of benzene rings is 2. The molecule has 0 bridgehead atoms. The molecule has 6 aromatic rings. The van der Waals surface area contributed by atoms with Crippen LogP contribution in [0.1, 0.15) is 55.4 Å². The van der Waals surface area contributed by atoms with Crippen LogP contribution in [0.3, 0.4) is 0 Å². The Bertz CT molecular complexity index is 2540. The van der Waals surface area contributed by atoms with Crippen LogP contribution in [0.25, 0.3) is 22.3 Å². The molecule has 0 aliphatic rings. The lowest BCUT2D eigenvalue weighted by Gasteiger charge is -2.25. The fourth-order valence-electron chi connectivity index (χ4n) is 6.33. The number of imidazole rings is 2. The van der Waals surface area contributed by atoms with Crippen LogP contribution < -0.4 is 30.7 Å². The lowest BCUT2D eigenvalue weighted by molar-refractivity contribution is -0.149. The summed E-state index contributed by atoms with van der Waals surface area (Å²) in [7, 11) is -7.79. The number of ether oxygens (including phenoxy) is 4. The van der Waals surface area contributed by atoms with Gasteiger partial charge in [-0.2, -0.15) is 0 Å². The third-order valence-corrected chi connectivity index (χ3v) is 14.0. The van der Waals surface area contributed by atoms with Gasteiger partial charge in [-0.1, -0.05) is 11.8 Å². The lowest BCUT2D eigenvalue weighted by Crippen LogP contribution is -2.37. The number of rotatable bonds is 24. The first-order chi connectivity index (χ1) is 31.8. The number of carbonyl (C=O) groups is 2. The van der Waals surface area contributed by atoms with Crippen molar-refractivity contribution >= 4 is 72.7 Å². The first-order valence-electron chi connectivity index (χ1n) is 21.3. The molecule has 0 saturated heterocycles. The van der Waals surface area contributed by atoms with Gasteiger partial charge in [0.2, 0.25) is 0 Å². The average molecular weight is 983 g/mol. The molecule has 0 amide bonds. The second-order valence-electron chi connectivity index (χ2n) is 16.1. The molecule has 6 rings (SSSR count). The molecule has 0 spiro atoms. The highest BCUT2D eigenvalue weighted by atomic mass is 32.2. The van der Waals surface area contributed by atoms with Crippen molar-refractivity contribution < 1.29 is 46.7 Å². The number of nitrogen functional groups attached to an aromatic ring is 2. The molecule has 67 heavy (non-hydrogen) atoms. The Kier molecular flexibility index (Phi) is 17.0. The smallest absolute Gasteiger partial charge is 0.342 e. The van der Waals surface area contributed by atoms with E-state index in [9.17, 15) is 18.7 Å². The summed E-state index contributed by atoms with van der Waals surface area (Å²) in [5, 5.41) is 5.64. The third kappa shape index (κ3) is 14.2. The molecule has 0 radical (unpaired) electrons. The number of nitrogens with one attached hydrogen (secondary N) is 2. The highest BCUT2D eigenvalue weighted by Crippen LogP contribution is 2.46. The zero-order chi connectivity index (χ0) is 48.5. The number of hydrogen-bond acceptors (Lipinski definition) is 19. The van der Waals surface area contributed by atoms with Gasteiger partial charge in [0.25, 0.3) is 0 Å². The van der Waals surface area contributed by atoms with E-state index in [1.165, 1.54) is 38.3 Å². The van der Waals surface area contributed by atoms with Crippen LogP contribution in [0.15, 0.2) is 83.6 Å². The molecular weight excluding hydrogens is 927 g/mol. The minimum atomic E-state index is -3.89. The molecule has 0 unspecified atom stereocenters. The average Bonchev–Trinajstić information content (AvgIpc) is 3.88. The van der Waals surface area contributed by atoms with E-state index in [1.54, 1.807) is 112 Å². The van der Waals surface area contributed by atoms with E-state index in [-0.39, 0.29) is 48.0 Å². The minimum absolute atomic E-state index is 0.249. The molecule has 0 fully saturated rings. The van der Waals surface area contributed by atoms with E-state index < -0.39 is 51.3 Å². The summed E-state index contributed by atoms with van der Waals surface area (Å²) in [4.78, 5) is 52.2. The topological polar surface area (TPSA) is 287 Å². The van der Waals surface area contributed by atoms with E-state index in [4.69, 9.17) is 39.5 Å². The second kappa shape index (κ2) is 22.4. The van der Waals surface area contributed by atoms with Crippen molar-refractivity contribution in [2.24, 2.45) is 0 Å². The summed E-state index contributed by atoms with van der Waals surface area (Å²) < 4.78 is 67.1. The summed E-state index contributed by atoms with van der Waals surface area (Å²) in [5.41, 5.74) is 13.8. The minimum Gasteiger partial charge on any atom is -0.462 e. The first kappa shape index (κ1) is 50.7. The van der Waals surface area contributed by atoms with Crippen LogP contribution in [-0.2, 0) is 50.8 Å². The third-order valence-electron chi connectivity index (χ3n) is 9.41. The van der Waals surface area contributed by atoms with E-state index in [0.717, 1.165) is 9.79 Å². The van der Waals surface area contributed by atoms with E-state index in [2.05, 4.69) is 40.1 Å². The zero-order valence-electron chi connectivity index (χ0n) is 38.3. The number of anilines is 2. The zero-order valence-corrected chi connectivity index (χ0v) is 40.9. The normalized spacial score (nSPS) is 15.4. The molecule has 0 aliphatic heterocycles. The van der Waals surface area contributed by atoms with Gasteiger partial charge in [-0.3, -0.25) is 18.7 Å². The van der Waals surface area contributed by atoms with E-state index in [0.29, 0.717) is 35.4 Å². The highest BCUT2D eigenvalue weighted by molar-refractivity contribution is 7.99. The molecule has 2 aromatic carbocycles. The second-order valence-corrected chi connectivity index (χ2v) is 21.4. The predicted octanol–water partition coefficient (Wildman–Crippen LogP) is 6.41. The van der Waals surface area contributed by atoms with Crippen molar-refractivity contribution in [3.8, 4) is 11.5 Å². The van der Waals surface area contributed by atoms with Crippen LogP contribution in [0.4, 0.5) is 11.6 Å². The maximum atomic E-state index is 14.4. The SMILES string of the molecule is CC(C)OC(=O)[C@H](C)N[P@](=O)(CO[C@H](C)Cn1cnc2c(N)ncnc21)Oc1ccc(Sc2ccc(O[P@@](=O)(CO[C@H](C)Cn3cnc4c(N)ncnc43)N[C@@H](C)C(=O)OC(C)C)cc2)cc1. The molecule has 22 nitrogen and oxygen atoms in total. The fraction of sp³-hybridized carbons (Fsp3) is 0.429. The molecule has 360 valence electrons. The number of fused-ring (bicyclic) bond motifs is 2. The van der Waals surface area contributed by atoms with Crippen LogP contribution in [-0.4, -0.2) is 100 Å². The quantitative estimate of drug-likeness (QED) is 0.0376. The molecule has 0 saturated carbocycles. The van der Waals surface area contributed by atoms with Gasteiger partial charge in [0.15, 0.2) is 22.9 Å². The summed E-state index contributed by atoms with van der Waals surface area (Å²) in [5.74, 6) is -0.170. The van der Waals surface area contributed by atoms with Gasteiger partial charge in [-0.15, -0.1) is 0 Å². The summed E-state index contributed by atoms with van der Waals surface area (Å²) >= 11 is 1.42. The van der Waals surface area contributed by atoms with Gasteiger partial charge in [0.05, 0.1) is 50.2 Å². The Morgan fingerprint density at radius 1 is 0.597 bits per heavy atom. The fourth-order valence-corrected chi connectivity index (χ4v) is 10.7. The Morgan fingerprint density at radius 3 is 1.33 bits per heavy atom. The first-order valence-corrected chi connectivity index (χ1v) is 25.7. The Balaban J connectivity index is 1.09. The molecule has 4 heterocycles. The number of nitrogens with two attached hydrogens (primary N) is 2. The maximum Gasteiger partial charge on any atom is 0.342 e. The number of aromatic nitrogens is 8. The monoisotopic (exact) mass is 982 g/mol. The van der Waals surface area contributed by atoms with E-state index >= 15 is 0 Å². The largest absolute Gasteiger partial charge is 0.462 e. The number of nitrogens with zero attached hydrogens (tertiary/aromatic N) is 8. The number of hydrogen-bond donors (Lipinski definition) is 4. The van der Waals surface area contributed by atoms with Crippen molar-refractivity contribution in [1.82, 2.24) is 49.2 Å². The standard InChI is InChI=1S/C42H56N12O10P2S/c1-25(2)61-41(55)29(7)51-65(57,23-59-27(5)17-53-21-49-35-37(43)45-19-47-39(35)53)63-31-9-13-33(14-10-31)67-34-15-11-32(12-16-34)64-66(58,52-30(8)42(56)62-26(3)4)24-60-28(6)18-54-22-50-36-38(44)46-20-48-40(36)54/h9-16,19-22,25-30H,17-18,23-24H2,1-8H3,(H,51,57)(H,52,58)(H2,43,45,47)(H2,44,46,48)/t27-,28-,29+,30+,65+,66+/m1/s1. The van der Waals surface area contributed by atoms with Crippen molar-refractivity contribution in [3.63, 3.8) is 0 Å². The van der Waals surface area contributed by atoms with Gasteiger partial charge in [-0.25, -0.2) is 40.1 Å². The lowest BCUT2D eigenvalue weighted by atomic mass is 10.3. The molecule has 0 aliphatic carbocycles. The summed E-state index contributed by atoms with van der Waals surface area (Å²) in [6, 6.07) is 11.8. The van der Waals surface area contributed by atoms with Crippen molar-refractivity contribution in [1.29, 1.82) is 0 Å². The Hall–Kier alpha value is -5.67. The van der Waals surface area contributed by atoms with Crippen LogP contribution in [0.5, 0.6) is 11.5 Å². The Labute approximate surface area is 391 Å². The summed E-state index contributed by atoms with van der Waals surface area (Å²) in [6.45, 7) is 14.1. The Morgan fingerprint density at radius 2 is 0.970 bits per heavy atom. The molecule has 6 atom stereocenters.